The van der Waals surface area contributed by atoms with Gasteiger partial charge in [0.2, 0.25) is 17.7 Å². The lowest BCUT2D eigenvalue weighted by atomic mass is 9.99. The number of hydrogen-bond acceptors (Lipinski definition) is 5. The van der Waals surface area contributed by atoms with Gasteiger partial charge in [0.25, 0.3) is 5.91 Å². The number of likely N-dealkylation sites (tertiary alicyclic amines) is 1. The van der Waals surface area contributed by atoms with Crippen molar-refractivity contribution in [1.82, 2.24) is 24.7 Å². The lowest BCUT2D eigenvalue weighted by Crippen LogP contribution is -2.61. The van der Waals surface area contributed by atoms with E-state index in [1.165, 1.54) is 6.08 Å². The van der Waals surface area contributed by atoms with Crippen LogP contribution in [-0.4, -0.2) is 69.9 Å². The molecule has 0 radical (unpaired) electrons. The van der Waals surface area contributed by atoms with Crippen LogP contribution in [0, 0.1) is 6.92 Å². The van der Waals surface area contributed by atoms with Crippen molar-refractivity contribution in [1.29, 1.82) is 0 Å². The van der Waals surface area contributed by atoms with E-state index in [2.05, 4.69) is 16.9 Å². The number of carbonyl (C=O) groups is 3. The molecule has 4 heterocycles. The molecule has 1 saturated heterocycles. The molecule has 1 N–H and O–H groups in total. The first-order valence-corrected chi connectivity index (χ1v) is 14.0. The van der Waals surface area contributed by atoms with Crippen LogP contribution in [0.1, 0.15) is 51.5 Å². The number of pyridine rings is 1. The summed E-state index contributed by atoms with van der Waals surface area (Å²) >= 11 is 6.52. The summed E-state index contributed by atoms with van der Waals surface area (Å²) in [4.78, 5) is 47.2. The lowest BCUT2D eigenvalue weighted by Gasteiger charge is -2.39. The van der Waals surface area contributed by atoms with Gasteiger partial charge in [-0.3, -0.25) is 14.4 Å². The number of aromatic nitrogens is 2. The quantitative estimate of drug-likeness (QED) is 0.445. The van der Waals surface area contributed by atoms with Gasteiger partial charge in [-0.1, -0.05) is 18.2 Å². The highest BCUT2D eigenvalue weighted by Crippen LogP contribution is 2.46. The van der Waals surface area contributed by atoms with Gasteiger partial charge >= 0.3 is 0 Å². The third-order valence-electron chi connectivity index (χ3n) is 8.15. The standard InChI is InChI=1S/C30H32ClN5O4/c1-4-25(38)35-14-21(15-35)33-24(37)16-36-27-17(2)11-20(31)12-23(27)26(28(36)18-5-6-18)30(39)34-10-8-22-19(13-34)7-9-32-29(22)40-3/h4,7,9,11-12,18,21H,1,5-6,8,10,13-16H2,2-3H3,(H,33,37). The number of halogens is 1. The number of ether oxygens (including phenoxy) is 1. The highest BCUT2D eigenvalue weighted by Gasteiger charge is 2.38. The van der Waals surface area contributed by atoms with Crippen molar-refractivity contribution < 1.29 is 19.1 Å². The molecular weight excluding hydrogens is 530 g/mol. The van der Waals surface area contributed by atoms with Crippen LogP contribution >= 0.6 is 11.6 Å². The molecule has 0 unspecified atom stereocenters. The van der Waals surface area contributed by atoms with Crippen LogP contribution in [0.5, 0.6) is 5.88 Å². The Morgan fingerprint density at radius 3 is 2.70 bits per heavy atom. The van der Waals surface area contributed by atoms with Crippen LogP contribution in [0.4, 0.5) is 0 Å². The summed E-state index contributed by atoms with van der Waals surface area (Å²) in [7, 11) is 1.61. The first-order valence-electron chi connectivity index (χ1n) is 13.6. The summed E-state index contributed by atoms with van der Waals surface area (Å²) in [5.41, 5.74) is 5.41. The van der Waals surface area contributed by atoms with Crippen molar-refractivity contribution in [2.75, 3.05) is 26.7 Å². The topological polar surface area (TPSA) is 96.8 Å². The second kappa shape index (κ2) is 10.3. The van der Waals surface area contributed by atoms with E-state index in [-0.39, 0.29) is 36.2 Å². The van der Waals surface area contributed by atoms with Crippen molar-refractivity contribution in [3.05, 3.63) is 70.0 Å². The largest absolute Gasteiger partial charge is 0.481 e. The molecule has 2 fully saturated rings. The minimum Gasteiger partial charge on any atom is -0.481 e. The molecule has 2 aliphatic heterocycles. The third-order valence-corrected chi connectivity index (χ3v) is 8.37. The van der Waals surface area contributed by atoms with Crippen molar-refractivity contribution in [2.45, 2.75) is 51.2 Å². The monoisotopic (exact) mass is 561 g/mol. The molecule has 40 heavy (non-hydrogen) atoms. The fraction of sp³-hybridized carbons (Fsp3) is 0.400. The molecular formula is C30H32ClN5O4. The molecule has 2 aromatic heterocycles. The van der Waals surface area contributed by atoms with Gasteiger partial charge in [0.1, 0.15) is 6.54 Å². The van der Waals surface area contributed by atoms with Crippen LogP contribution < -0.4 is 10.1 Å². The van der Waals surface area contributed by atoms with Gasteiger partial charge in [0, 0.05) is 60.0 Å². The van der Waals surface area contributed by atoms with E-state index in [0.29, 0.717) is 49.1 Å². The summed E-state index contributed by atoms with van der Waals surface area (Å²) in [5.74, 6) is 0.490. The number of aryl methyl sites for hydroxylation is 1. The molecule has 208 valence electrons. The maximum Gasteiger partial charge on any atom is 0.256 e. The third kappa shape index (κ3) is 4.62. The average molecular weight is 562 g/mol. The zero-order valence-corrected chi connectivity index (χ0v) is 23.5. The van der Waals surface area contributed by atoms with E-state index in [1.807, 2.05) is 34.6 Å². The molecule has 6 rings (SSSR count). The summed E-state index contributed by atoms with van der Waals surface area (Å²) in [6.07, 6.45) is 5.59. The Labute approximate surface area is 237 Å². The van der Waals surface area contributed by atoms with Crippen molar-refractivity contribution in [3.8, 4) is 5.88 Å². The van der Waals surface area contributed by atoms with Crippen molar-refractivity contribution in [3.63, 3.8) is 0 Å². The van der Waals surface area contributed by atoms with Gasteiger partial charge in [0.15, 0.2) is 0 Å². The second-order valence-electron chi connectivity index (χ2n) is 10.9. The highest BCUT2D eigenvalue weighted by molar-refractivity contribution is 6.31. The SMILES string of the molecule is C=CC(=O)N1CC(NC(=O)Cn2c(C3CC3)c(C(=O)N3CCc4c(ccnc4OC)C3)c3cc(Cl)cc(C)c32)C1. The van der Waals surface area contributed by atoms with Gasteiger partial charge in [-0.25, -0.2) is 4.98 Å². The molecule has 10 heteroatoms. The number of hydrogen-bond donors (Lipinski definition) is 1. The zero-order chi connectivity index (χ0) is 28.1. The normalized spacial score (nSPS) is 16.9. The maximum atomic E-state index is 14.3. The van der Waals surface area contributed by atoms with Gasteiger partial charge in [-0.15, -0.1) is 0 Å². The van der Waals surface area contributed by atoms with E-state index < -0.39 is 0 Å². The van der Waals surface area contributed by atoms with E-state index in [1.54, 1.807) is 18.2 Å². The zero-order valence-electron chi connectivity index (χ0n) is 22.7. The minimum absolute atomic E-state index is 0.0493. The maximum absolute atomic E-state index is 14.3. The fourth-order valence-electron chi connectivity index (χ4n) is 6.11. The molecule has 3 amide bonds. The van der Waals surface area contributed by atoms with Crippen molar-refractivity contribution in [2.24, 2.45) is 0 Å². The molecule has 0 bridgehead atoms. The number of carbonyl (C=O) groups excluding carboxylic acids is 3. The molecule has 1 aliphatic carbocycles. The van der Waals surface area contributed by atoms with Gasteiger partial charge in [0.05, 0.1) is 24.2 Å². The Bertz CT molecular complexity index is 1550. The van der Waals surface area contributed by atoms with Crippen LogP contribution in [0.25, 0.3) is 10.9 Å². The van der Waals surface area contributed by atoms with Crippen molar-refractivity contribution >= 4 is 40.2 Å². The first kappa shape index (κ1) is 26.4. The number of benzene rings is 1. The number of nitrogens with one attached hydrogen (secondary N) is 1. The Morgan fingerprint density at radius 2 is 2.00 bits per heavy atom. The smallest absolute Gasteiger partial charge is 0.256 e. The number of nitrogens with zero attached hydrogens (tertiary/aromatic N) is 4. The molecule has 0 atom stereocenters. The molecule has 1 saturated carbocycles. The minimum atomic E-state index is -0.144. The average Bonchev–Trinajstić information content (AvgIpc) is 3.71. The number of methoxy groups -OCH3 is 1. The van der Waals surface area contributed by atoms with E-state index >= 15 is 0 Å². The van der Waals surface area contributed by atoms with Crippen LogP contribution in [-0.2, 0) is 29.1 Å². The summed E-state index contributed by atoms with van der Waals surface area (Å²) in [6.45, 7) is 7.52. The fourth-order valence-corrected chi connectivity index (χ4v) is 6.38. The summed E-state index contributed by atoms with van der Waals surface area (Å²) in [5, 5.41) is 4.40. The summed E-state index contributed by atoms with van der Waals surface area (Å²) in [6, 6.07) is 5.58. The van der Waals surface area contributed by atoms with Crippen LogP contribution in [0.15, 0.2) is 37.1 Å². The van der Waals surface area contributed by atoms with Gasteiger partial charge < -0.3 is 24.4 Å². The molecule has 1 aromatic carbocycles. The Balaban J connectivity index is 1.34. The van der Waals surface area contributed by atoms with Gasteiger partial charge in [-0.2, -0.15) is 0 Å². The van der Waals surface area contributed by atoms with Crippen LogP contribution in [0.3, 0.4) is 0 Å². The molecule has 3 aromatic rings. The Hall–Kier alpha value is -3.85. The number of amides is 3. The second-order valence-corrected chi connectivity index (χ2v) is 11.3. The van der Waals surface area contributed by atoms with Crippen LogP contribution in [0.2, 0.25) is 5.02 Å². The van der Waals surface area contributed by atoms with Gasteiger partial charge in [-0.05, 0) is 61.6 Å². The van der Waals surface area contributed by atoms with E-state index in [0.717, 1.165) is 46.1 Å². The highest BCUT2D eigenvalue weighted by atomic mass is 35.5. The summed E-state index contributed by atoms with van der Waals surface area (Å²) < 4.78 is 7.47. The molecule has 0 spiro atoms. The Kier molecular flexibility index (Phi) is 6.78. The first-order chi connectivity index (χ1) is 19.3. The predicted molar refractivity (Wildman–Crippen MR) is 152 cm³/mol. The molecule has 9 nitrogen and oxygen atoms in total. The number of rotatable bonds is 7. The number of fused-ring (bicyclic) bond motifs is 2. The molecule has 3 aliphatic rings. The Morgan fingerprint density at radius 1 is 1.23 bits per heavy atom. The van der Waals surface area contributed by atoms with E-state index in [4.69, 9.17) is 16.3 Å². The van der Waals surface area contributed by atoms with E-state index in [9.17, 15) is 14.4 Å². The predicted octanol–water partition coefficient (Wildman–Crippen LogP) is 3.60. The lowest BCUT2D eigenvalue weighted by molar-refractivity contribution is -0.133.